The normalized spacial score (nSPS) is 15.7. The number of hydrogen-bond acceptors (Lipinski definition) is 4. The van der Waals surface area contributed by atoms with Crippen LogP contribution in [0.2, 0.25) is 0 Å². The van der Waals surface area contributed by atoms with Gasteiger partial charge in [0.05, 0.1) is 21.4 Å². The maximum Gasteiger partial charge on any atom is 0.269 e. The van der Waals surface area contributed by atoms with E-state index in [-0.39, 0.29) is 0 Å². The zero-order valence-electron chi connectivity index (χ0n) is 22.5. The Kier molecular flexibility index (Phi) is 11.3. The number of rotatable bonds is 13. The maximum atomic E-state index is 2.51. The van der Waals surface area contributed by atoms with Gasteiger partial charge in [0.15, 0.2) is 11.4 Å². The summed E-state index contributed by atoms with van der Waals surface area (Å²) in [5.41, 5.74) is 5.36. The Bertz CT molecular complexity index is 1080. The Hall–Kier alpha value is -1.63. The highest BCUT2D eigenvalue weighted by Gasteiger charge is 2.22. The van der Waals surface area contributed by atoms with Crippen LogP contribution in [0.5, 0.6) is 0 Å². The van der Waals surface area contributed by atoms with Gasteiger partial charge in [0.1, 0.15) is 13.1 Å². The molecule has 3 nitrogen and oxygen atoms in total. The van der Waals surface area contributed by atoms with Gasteiger partial charge in [-0.3, -0.25) is 0 Å². The molecular weight excluding hydrogens is 487 g/mol. The first kappa shape index (κ1) is 27.9. The second-order valence-corrected chi connectivity index (χ2v) is 11.9. The van der Waals surface area contributed by atoms with Crippen LogP contribution >= 0.6 is 34.4 Å². The van der Waals surface area contributed by atoms with Gasteiger partial charge in [0.25, 0.3) is 10.0 Å². The van der Waals surface area contributed by atoms with Crippen molar-refractivity contribution in [2.45, 2.75) is 93.2 Å². The van der Waals surface area contributed by atoms with E-state index in [0.717, 1.165) is 19.6 Å². The van der Waals surface area contributed by atoms with E-state index >= 15 is 0 Å². The van der Waals surface area contributed by atoms with Crippen molar-refractivity contribution in [1.29, 1.82) is 0 Å². The lowest BCUT2D eigenvalue weighted by Crippen LogP contribution is -2.38. The van der Waals surface area contributed by atoms with Crippen molar-refractivity contribution < 1.29 is 9.13 Å². The van der Waals surface area contributed by atoms with Crippen LogP contribution in [-0.4, -0.2) is 11.4 Å². The Morgan fingerprint density at radius 1 is 0.886 bits per heavy atom. The molecule has 0 saturated heterocycles. The highest BCUT2D eigenvalue weighted by Crippen LogP contribution is 2.35. The average molecular weight is 530 g/mol. The molecule has 0 fully saturated rings. The Labute approximate surface area is 225 Å². The van der Waals surface area contributed by atoms with Gasteiger partial charge in [-0.05, 0) is 37.0 Å². The SMILES string of the molecule is CCCCN1C(C)=CS\C1=C/C=C(/C=C/c1scc(C)[n+]1CCCC)c1scc(C)[n+]1CCCC. The summed E-state index contributed by atoms with van der Waals surface area (Å²) in [5, 5.41) is 10.9. The summed E-state index contributed by atoms with van der Waals surface area (Å²) in [6.07, 6.45) is 16.6. The quantitative estimate of drug-likeness (QED) is 0.191. The van der Waals surface area contributed by atoms with Crippen LogP contribution < -0.4 is 9.13 Å². The summed E-state index contributed by atoms with van der Waals surface area (Å²) in [6.45, 7) is 16.8. The van der Waals surface area contributed by atoms with Crippen molar-refractivity contribution in [3.05, 3.63) is 66.5 Å². The number of nitrogens with zero attached hydrogens (tertiary/aromatic N) is 3. The number of allylic oxidation sites excluding steroid dienone is 5. The molecule has 35 heavy (non-hydrogen) atoms. The standard InChI is InChI=1S/C29H43N3S3/c1-7-10-17-30-23(4)20-33-27(30)15-13-26(29-32(19-12-9-3)25(6)22-35-29)14-16-28-31(18-11-8-2)24(5)21-34-28/h13-16,20-22H,7-12,17-19H2,1-6H3/q+2. The van der Waals surface area contributed by atoms with E-state index in [0.29, 0.717) is 0 Å². The fraction of sp³-hybridized carbons (Fsp3) is 0.517. The Morgan fingerprint density at radius 2 is 1.54 bits per heavy atom. The molecule has 2 aromatic rings. The molecular formula is C29H43N3S3+2. The van der Waals surface area contributed by atoms with Crippen LogP contribution in [0.1, 0.15) is 87.6 Å². The minimum atomic E-state index is 1.08. The lowest BCUT2D eigenvalue weighted by Gasteiger charge is -2.20. The van der Waals surface area contributed by atoms with Gasteiger partial charge < -0.3 is 4.90 Å². The third-order valence-corrected chi connectivity index (χ3v) is 9.61. The zero-order chi connectivity index (χ0) is 25.2. The summed E-state index contributed by atoms with van der Waals surface area (Å²) in [4.78, 5) is 2.47. The summed E-state index contributed by atoms with van der Waals surface area (Å²) < 4.78 is 4.98. The van der Waals surface area contributed by atoms with Crippen molar-refractivity contribution in [3.8, 4) is 0 Å². The molecule has 0 unspecified atom stereocenters. The van der Waals surface area contributed by atoms with E-state index < -0.39 is 0 Å². The van der Waals surface area contributed by atoms with Crippen LogP contribution in [0.25, 0.3) is 11.6 Å². The predicted octanol–water partition coefficient (Wildman–Crippen LogP) is 8.25. The molecule has 1 aliphatic heterocycles. The van der Waals surface area contributed by atoms with Crippen LogP contribution in [0, 0.1) is 13.8 Å². The highest BCUT2D eigenvalue weighted by molar-refractivity contribution is 8.06. The highest BCUT2D eigenvalue weighted by atomic mass is 32.2. The lowest BCUT2D eigenvalue weighted by molar-refractivity contribution is -0.700. The van der Waals surface area contributed by atoms with Crippen molar-refractivity contribution in [2.24, 2.45) is 0 Å². The summed E-state index contributed by atoms with van der Waals surface area (Å²) in [6, 6.07) is 0. The number of unbranched alkanes of at least 4 members (excludes halogenated alkanes) is 3. The molecule has 0 spiro atoms. The summed E-state index contributed by atoms with van der Waals surface area (Å²) >= 11 is 5.57. The molecule has 2 aromatic heterocycles. The molecule has 0 saturated carbocycles. The third-order valence-electron chi connectivity index (χ3n) is 6.36. The van der Waals surface area contributed by atoms with E-state index in [9.17, 15) is 0 Å². The largest absolute Gasteiger partial charge is 0.339 e. The monoisotopic (exact) mass is 529 g/mol. The number of aryl methyl sites for hydroxylation is 2. The smallest absolute Gasteiger partial charge is 0.269 e. The van der Waals surface area contributed by atoms with Crippen LogP contribution in [0.15, 0.2) is 45.1 Å². The first-order valence-electron chi connectivity index (χ1n) is 13.2. The molecule has 6 heteroatoms. The van der Waals surface area contributed by atoms with Gasteiger partial charge in [-0.2, -0.15) is 9.13 Å². The number of hydrogen-bond donors (Lipinski definition) is 0. The van der Waals surface area contributed by atoms with E-state index in [2.05, 4.69) is 96.0 Å². The average Bonchev–Trinajstić information content (AvgIpc) is 3.51. The molecule has 0 N–H and O–H groups in total. The first-order valence-corrected chi connectivity index (χ1v) is 15.8. The van der Waals surface area contributed by atoms with E-state index in [1.807, 2.05) is 34.4 Å². The van der Waals surface area contributed by atoms with Gasteiger partial charge >= 0.3 is 0 Å². The minimum absolute atomic E-state index is 1.08. The summed E-state index contributed by atoms with van der Waals surface area (Å²) in [5.74, 6) is 0. The van der Waals surface area contributed by atoms with Gasteiger partial charge in [-0.1, -0.05) is 74.5 Å². The first-order chi connectivity index (χ1) is 17.0. The lowest BCUT2D eigenvalue weighted by atomic mass is 10.2. The summed E-state index contributed by atoms with van der Waals surface area (Å²) in [7, 11) is 0. The Balaban J connectivity index is 1.99. The minimum Gasteiger partial charge on any atom is -0.339 e. The van der Waals surface area contributed by atoms with Crippen LogP contribution in [0.4, 0.5) is 0 Å². The molecule has 3 rings (SSSR count). The molecule has 1 aliphatic rings. The van der Waals surface area contributed by atoms with Crippen LogP contribution in [0.3, 0.4) is 0 Å². The molecule has 0 atom stereocenters. The van der Waals surface area contributed by atoms with Gasteiger partial charge in [-0.15, -0.1) is 0 Å². The molecule has 0 aromatic carbocycles. The maximum absolute atomic E-state index is 2.51. The fourth-order valence-corrected chi connectivity index (χ4v) is 7.02. The number of thioether (sulfide) groups is 1. The molecule has 3 heterocycles. The molecule has 0 bridgehead atoms. The molecule has 0 aliphatic carbocycles. The van der Waals surface area contributed by atoms with Crippen molar-refractivity contribution in [1.82, 2.24) is 4.90 Å². The van der Waals surface area contributed by atoms with E-state index in [1.165, 1.54) is 76.2 Å². The molecule has 0 amide bonds. The van der Waals surface area contributed by atoms with Gasteiger partial charge in [0.2, 0.25) is 0 Å². The van der Waals surface area contributed by atoms with Crippen molar-refractivity contribution in [2.75, 3.05) is 6.54 Å². The fourth-order valence-electron chi connectivity index (χ4n) is 4.12. The van der Waals surface area contributed by atoms with Crippen molar-refractivity contribution in [3.63, 3.8) is 0 Å². The number of aromatic nitrogens is 2. The topological polar surface area (TPSA) is 11.0 Å². The van der Waals surface area contributed by atoms with E-state index in [4.69, 9.17) is 0 Å². The van der Waals surface area contributed by atoms with E-state index in [1.54, 1.807) is 0 Å². The zero-order valence-corrected chi connectivity index (χ0v) is 24.9. The predicted molar refractivity (Wildman–Crippen MR) is 156 cm³/mol. The van der Waals surface area contributed by atoms with Crippen molar-refractivity contribution >= 4 is 46.1 Å². The third kappa shape index (κ3) is 7.43. The van der Waals surface area contributed by atoms with Gasteiger partial charge in [0, 0.05) is 45.0 Å². The van der Waals surface area contributed by atoms with Crippen LogP contribution in [-0.2, 0) is 13.1 Å². The second kappa shape index (κ2) is 14.2. The molecule has 0 radical (unpaired) electrons. The Morgan fingerprint density at radius 3 is 2.26 bits per heavy atom. The second-order valence-electron chi connectivity index (χ2n) is 9.25. The number of thiazole rings is 2. The van der Waals surface area contributed by atoms with Gasteiger partial charge in [-0.25, -0.2) is 0 Å². The molecule has 190 valence electrons.